The number of thiazole rings is 1. The molecule has 1 aliphatic rings. The summed E-state index contributed by atoms with van der Waals surface area (Å²) in [7, 11) is 0. The number of nitrogens with zero attached hydrogens (tertiary/aromatic N) is 1. The van der Waals surface area contributed by atoms with Crippen LogP contribution in [-0.2, 0) is 4.79 Å². The van der Waals surface area contributed by atoms with E-state index in [0.29, 0.717) is 5.92 Å². The van der Waals surface area contributed by atoms with Gasteiger partial charge in [0.1, 0.15) is 0 Å². The maximum atomic E-state index is 10.6. The minimum Gasteiger partial charge on any atom is -0.475 e. The molecular weight excluding hydrogens is 257 g/mol. The Bertz CT molecular complexity index is 348. The van der Waals surface area contributed by atoms with Gasteiger partial charge < -0.3 is 10.4 Å². The molecule has 1 fully saturated rings. The van der Waals surface area contributed by atoms with Gasteiger partial charge in [-0.3, -0.25) is 0 Å². The van der Waals surface area contributed by atoms with Crippen LogP contribution in [0.25, 0.3) is 0 Å². The van der Waals surface area contributed by atoms with Gasteiger partial charge in [-0.25, -0.2) is 9.78 Å². The Labute approximate surface area is 99.5 Å². The van der Waals surface area contributed by atoms with Crippen molar-refractivity contribution in [2.45, 2.75) is 18.5 Å². The molecule has 17 heavy (non-hydrogen) atoms. The number of carbonyl (C=O) groups is 1. The van der Waals surface area contributed by atoms with E-state index in [9.17, 15) is 13.2 Å². The summed E-state index contributed by atoms with van der Waals surface area (Å²) in [5, 5.41) is 13.8. The van der Waals surface area contributed by atoms with E-state index in [1.807, 2.05) is 11.6 Å². The molecule has 1 unspecified atom stereocenters. The van der Waals surface area contributed by atoms with Crippen molar-refractivity contribution >= 4 is 17.3 Å². The fraction of sp³-hybridized carbons (Fsp3) is 0.556. The molecule has 8 heteroatoms. The second-order valence-electron chi connectivity index (χ2n) is 3.36. The third-order valence-electron chi connectivity index (χ3n) is 2.10. The van der Waals surface area contributed by atoms with Crippen molar-refractivity contribution in [2.75, 3.05) is 13.1 Å². The molecule has 0 spiro atoms. The Morgan fingerprint density at radius 3 is 2.59 bits per heavy atom. The zero-order chi connectivity index (χ0) is 12.9. The fourth-order valence-electron chi connectivity index (χ4n) is 1.30. The highest BCUT2D eigenvalue weighted by molar-refractivity contribution is 7.09. The largest absolute Gasteiger partial charge is 0.490 e. The molecule has 0 bridgehead atoms. The van der Waals surface area contributed by atoms with E-state index in [2.05, 4.69) is 10.3 Å². The highest BCUT2D eigenvalue weighted by Gasteiger charge is 2.38. The van der Waals surface area contributed by atoms with Crippen molar-refractivity contribution in [3.63, 3.8) is 0 Å². The molecule has 2 heterocycles. The van der Waals surface area contributed by atoms with E-state index in [-0.39, 0.29) is 0 Å². The number of hydrogen-bond acceptors (Lipinski definition) is 4. The maximum absolute atomic E-state index is 10.6. The molecule has 1 aromatic rings. The summed E-state index contributed by atoms with van der Waals surface area (Å²) in [6.07, 6.45) is -1.94. The first-order valence-corrected chi connectivity index (χ1v) is 5.69. The molecule has 0 aromatic carbocycles. The molecule has 2 rings (SSSR count). The van der Waals surface area contributed by atoms with Crippen LogP contribution >= 0.6 is 11.3 Å². The summed E-state index contributed by atoms with van der Waals surface area (Å²) in [5.41, 5.74) is 0. The first kappa shape index (κ1) is 13.9. The van der Waals surface area contributed by atoms with Crippen LogP contribution in [0.3, 0.4) is 0 Å². The van der Waals surface area contributed by atoms with E-state index in [1.165, 1.54) is 11.4 Å². The van der Waals surface area contributed by atoms with Gasteiger partial charge in [-0.15, -0.1) is 11.3 Å². The van der Waals surface area contributed by atoms with Crippen molar-refractivity contribution < 1.29 is 23.1 Å². The first-order valence-electron chi connectivity index (χ1n) is 4.81. The third kappa shape index (κ3) is 4.70. The second kappa shape index (κ2) is 5.97. The summed E-state index contributed by atoms with van der Waals surface area (Å²) >= 11 is 1.77. The van der Waals surface area contributed by atoms with Crippen LogP contribution in [0.1, 0.15) is 17.3 Å². The number of alkyl halides is 3. The fourth-order valence-corrected chi connectivity index (χ4v) is 2.08. The van der Waals surface area contributed by atoms with Crippen molar-refractivity contribution in [1.29, 1.82) is 0 Å². The van der Waals surface area contributed by atoms with Gasteiger partial charge >= 0.3 is 12.1 Å². The number of aromatic nitrogens is 1. The lowest BCUT2D eigenvalue weighted by molar-refractivity contribution is -0.192. The number of carboxylic acids is 1. The lowest BCUT2D eigenvalue weighted by atomic mass is 10.1. The van der Waals surface area contributed by atoms with E-state index in [0.717, 1.165) is 13.1 Å². The predicted octanol–water partition coefficient (Wildman–Crippen LogP) is 1.85. The van der Waals surface area contributed by atoms with Crippen molar-refractivity contribution in [3.05, 3.63) is 16.6 Å². The van der Waals surface area contributed by atoms with Crippen LogP contribution in [0, 0.1) is 0 Å². The van der Waals surface area contributed by atoms with Crippen LogP contribution in [-0.4, -0.2) is 35.3 Å². The Balaban J connectivity index is 0.000000185. The van der Waals surface area contributed by atoms with Gasteiger partial charge in [0.2, 0.25) is 0 Å². The third-order valence-corrected chi connectivity index (χ3v) is 3.04. The monoisotopic (exact) mass is 268 g/mol. The number of carboxylic acid groups (broad SMARTS) is 1. The maximum Gasteiger partial charge on any atom is 0.490 e. The van der Waals surface area contributed by atoms with Crippen LogP contribution in [0.2, 0.25) is 0 Å². The van der Waals surface area contributed by atoms with Crippen LogP contribution in [0.4, 0.5) is 13.2 Å². The number of rotatable bonds is 1. The summed E-state index contributed by atoms with van der Waals surface area (Å²) in [4.78, 5) is 13.2. The summed E-state index contributed by atoms with van der Waals surface area (Å²) in [6.45, 7) is 2.28. The van der Waals surface area contributed by atoms with E-state index in [1.54, 1.807) is 11.3 Å². The topological polar surface area (TPSA) is 62.2 Å². The van der Waals surface area contributed by atoms with Gasteiger partial charge in [-0.1, -0.05) is 0 Å². The zero-order valence-electron chi connectivity index (χ0n) is 8.70. The van der Waals surface area contributed by atoms with Crippen LogP contribution in [0.15, 0.2) is 11.6 Å². The van der Waals surface area contributed by atoms with Gasteiger partial charge in [0, 0.05) is 24.0 Å². The van der Waals surface area contributed by atoms with Crippen LogP contribution in [0.5, 0.6) is 0 Å². The van der Waals surface area contributed by atoms with Crippen molar-refractivity contribution in [1.82, 2.24) is 10.3 Å². The van der Waals surface area contributed by atoms with Gasteiger partial charge in [-0.2, -0.15) is 13.2 Å². The highest BCUT2D eigenvalue weighted by atomic mass is 32.1. The van der Waals surface area contributed by atoms with E-state index < -0.39 is 12.1 Å². The SMILES string of the molecule is O=C(O)C(F)(F)F.c1csc(C2CCNC2)n1. The Morgan fingerprint density at radius 1 is 1.59 bits per heavy atom. The normalized spacial score (nSPS) is 19.6. The highest BCUT2D eigenvalue weighted by Crippen LogP contribution is 2.23. The average molecular weight is 268 g/mol. The number of halogens is 3. The summed E-state index contributed by atoms with van der Waals surface area (Å²) in [5.74, 6) is -2.06. The summed E-state index contributed by atoms with van der Waals surface area (Å²) < 4.78 is 31.7. The predicted molar refractivity (Wildman–Crippen MR) is 56.0 cm³/mol. The number of hydrogen-bond donors (Lipinski definition) is 2. The summed E-state index contributed by atoms with van der Waals surface area (Å²) in [6, 6.07) is 0. The lowest BCUT2D eigenvalue weighted by Crippen LogP contribution is -2.21. The second-order valence-corrected chi connectivity index (χ2v) is 4.29. The molecule has 2 N–H and O–H groups in total. The van der Waals surface area contributed by atoms with Gasteiger partial charge in [0.05, 0.1) is 5.01 Å². The molecule has 1 saturated heterocycles. The molecule has 0 radical (unpaired) electrons. The van der Waals surface area contributed by atoms with Crippen LogP contribution < -0.4 is 5.32 Å². The first-order chi connectivity index (χ1) is 7.91. The van der Waals surface area contributed by atoms with Gasteiger partial charge in [0.15, 0.2) is 0 Å². The Hall–Kier alpha value is -1.15. The standard InChI is InChI=1S/C7H10N2S.C2HF3O2/c1-2-8-5-6(1)7-9-3-4-10-7;3-2(4,5)1(6)7/h3-4,6,8H,1-2,5H2;(H,6,7). The average Bonchev–Trinajstić information content (AvgIpc) is 2.90. The molecule has 0 aliphatic carbocycles. The van der Waals surface area contributed by atoms with Gasteiger partial charge in [0.25, 0.3) is 0 Å². The number of aliphatic carboxylic acids is 1. The van der Waals surface area contributed by atoms with Crippen molar-refractivity contribution in [2.24, 2.45) is 0 Å². The van der Waals surface area contributed by atoms with Gasteiger partial charge in [-0.05, 0) is 13.0 Å². The molecule has 1 aromatic heterocycles. The lowest BCUT2D eigenvalue weighted by Gasteiger charge is -2.00. The molecule has 4 nitrogen and oxygen atoms in total. The zero-order valence-corrected chi connectivity index (χ0v) is 9.51. The molecule has 96 valence electrons. The van der Waals surface area contributed by atoms with E-state index >= 15 is 0 Å². The molecule has 0 amide bonds. The molecular formula is C9H11F3N2O2S. The molecule has 1 atom stereocenters. The minimum atomic E-state index is -5.08. The Kier molecular flexibility index (Phi) is 4.88. The van der Waals surface area contributed by atoms with Crippen molar-refractivity contribution in [3.8, 4) is 0 Å². The quantitative estimate of drug-likeness (QED) is 0.816. The Morgan fingerprint density at radius 2 is 2.24 bits per heavy atom. The molecule has 0 saturated carbocycles. The number of nitrogens with one attached hydrogen (secondary N) is 1. The minimum absolute atomic E-state index is 0.694. The molecule has 1 aliphatic heterocycles. The van der Waals surface area contributed by atoms with E-state index in [4.69, 9.17) is 9.90 Å². The smallest absolute Gasteiger partial charge is 0.475 e.